The zero-order valence-electron chi connectivity index (χ0n) is 20.7. The van der Waals surface area contributed by atoms with Gasteiger partial charge in [0.15, 0.2) is 5.69 Å². The molecule has 0 aliphatic carbocycles. The number of amides is 1. The summed E-state index contributed by atoms with van der Waals surface area (Å²) in [5.74, 6) is 1.04. The number of aromatic nitrogens is 3. The van der Waals surface area contributed by atoms with Crippen LogP contribution >= 0.6 is 0 Å². The average Bonchev–Trinajstić information content (AvgIpc) is 3.58. The fourth-order valence-electron chi connectivity index (χ4n) is 4.36. The van der Waals surface area contributed by atoms with Crippen LogP contribution < -0.4 is 10.1 Å². The van der Waals surface area contributed by atoms with Gasteiger partial charge in [0.05, 0.1) is 13.7 Å². The minimum absolute atomic E-state index is 0.257. The van der Waals surface area contributed by atoms with Crippen LogP contribution in [-0.4, -0.2) is 39.4 Å². The lowest BCUT2D eigenvalue weighted by atomic mass is 10.1. The Morgan fingerprint density at radius 1 is 1.05 bits per heavy atom. The fraction of sp³-hybridized carbons (Fsp3) is 0.207. The van der Waals surface area contributed by atoms with Gasteiger partial charge < -0.3 is 19.5 Å². The number of para-hydroxylation sites is 2. The van der Waals surface area contributed by atoms with Crippen molar-refractivity contribution in [2.45, 2.75) is 26.1 Å². The number of methoxy groups -OCH3 is 1. The molecule has 2 aromatic carbocycles. The van der Waals surface area contributed by atoms with Gasteiger partial charge in [-0.15, -0.1) is 0 Å². The monoisotopic (exact) mass is 495 g/mol. The Kier molecular flexibility index (Phi) is 7.57. The smallest absolute Gasteiger partial charge is 0.273 e. The number of benzene rings is 2. The molecule has 188 valence electrons. The SMILES string of the molecule is COc1ccccc1CN(CCc1c[nH]c2ccccc12)Cc1nc(C(=O)NCc2cccnc2)co1. The zero-order chi connectivity index (χ0) is 25.5. The third-order valence-corrected chi connectivity index (χ3v) is 6.28. The van der Waals surface area contributed by atoms with Crippen molar-refractivity contribution in [1.29, 1.82) is 0 Å². The standard InChI is InChI=1S/C29H29N5O3/c1-36-27-11-5-2-8-23(27)18-34(14-12-22-17-31-25-10-4-3-9-24(22)25)19-28-33-26(20-37-28)29(35)32-16-21-7-6-13-30-15-21/h2-11,13,15,17,20,31H,12,14,16,18-19H2,1H3,(H,32,35). The van der Waals surface area contributed by atoms with Crippen LogP contribution in [0.2, 0.25) is 0 Å². The van der Waals surface area contributed by atoms with E-state index in [1.54, 1.807) is 19.5 Å². The second-order valence-corrected chi connectivity index (χ2v) is 8.80. The molecule has 0 spiro atoms. The van der Waals surface area contributed by atoms with Crippen LogP contribution in [0.3, 0.4) is 0 Å². The number of hydrogen-bond donors (Lipinski definition) is 2. The number of nitrogens with zero attached hydrogens (tertiary/aromatic N) is 3. The normalized spacial score (nSPS) is 11.2. The van der Waals surface area contributed by atoms with Crippen LogP contribution in [0.15, 0.2) is 89.9 Å². The first-order valence-corrected chi connectivity index (χ1v) is 12.2. The summed E-state index contributed by atoms with van der Waals surface area (Å²) in [6.07, 6.45) is 7.75. The molecule has 37 heavy (non-hydrogen) atoms. The van der Waals surface area contributed by atoms with Gasteiger partial charge in [0.25, 0.3) is 5.91 Å². The Balaban J connectivity index is 1.29. The highest BCUT2D eigenvalue weighted by Crippen LogP contribution is 2.22. The first-order valence-electron chi connectivity index (χ1n) is 12.2. The highest BCUT2D eigenvalue weighted by molar-refractivity contribution is 5.91. The average molecular weight is 496 g/mol. The molecule has 2 N–H and O–H groups in total. The Bertz CT molecular complexity index is 1460. The zero-order valence-corrected chi connectivity index (χ0v) is 20.7. The maximum atomic E-state index is 12.6. The van der Waals surface area contributed by atoms with Crippen LogP contribution in [0, 0.1) is 0 Å². The number of ether oxygens (including phenoxy) is 1. The lowest BCUT2D eigenvalue weighted by Gasteiger charge is -2.22. The third-order valence-electron chi connectivity index (χ3n) is 6.28. The number of carbonyl (C=O) groups excluding carboxylic acids is 1. The molecule has 0 radical (unpaired) electrons. The highest BCUT2D eigenvalue weighted by atomic mass is 16.5. The Hall–Kier alpha value is -4.43. The van der Waals surface area contributed by atoms with Crippen LogP contribution in [0.5, 0.6) is 5.75 Å². The molecule has 3 aromatic heterocycles. The van der Waals surface area contributed by atoms with E-state index in [1.807, 2.05) is 36.4 Å². The first kappa shape index (κ1) is 24.3. The largest absolute Gasteiger partial charge is 0.496 e. The molecule has 8 nitrogen and oxygen atoms in total. The second-order valence-electron chi connectivity index (χ2n) is 8.80. The van der Waals surface area contributed by atoms with Gasteiger partial charge in [-0.3, -0.25) is 14.7 Å². The Labute approximate surface area is 215 Å². The number of nitrogens with one attached hydrogen (secondary N) is 2. The molecular formula is C29H29N5O3. The van der Waals surface area contributed by atoms with Crippen molar-refractivity contribution in [3.63, 3.8) is 0 Å². The molecule has 0 saturated carbocycles. The quantitative estimate of drug-likeness (QED) is 0.275. The van der Waals surface area contributed by atoms with Gasteiger partial charge in [-0.2, -0.15) is 0 Å². The van der Waals surface area contributed by atoms with E-state index in [4.69, 9.17) is 9.15 Å². The number of aromatic amines is 1. The summed E-state index contributed by atoms with van der Waals surface area (Å²) >= 11 is 0. The Morgan fingerprint density at radius 3 is 2.78 bits per heavy atom. The highest BCUT2D eigenvalue weighted by Gasteiger charge is 2.17. The molecule has 0 aliphatic rings. The number of hydrogen-bond acceptors (Lipinski definition) is 6. The number of pyridine rings is 1. The van der Waals surface area contributed by atoms with Crippen molar-refractivity contribution in [3.05, 3.63) is 114 Å². The predicted molar refractivity (Wildman–Crippen MR) is 141 cm³/mol. The summed E-state index contributed by atoms with van der Waals surface area (Å²) in [4.78, 5) is 26.8. The van der Waals surface area contributed by atoms with Crippen LogP contribution in [0.4, 0.5) is 0 Å². The van der Waals surface area contributed by atoms with Gasteiger partial charge in [0.1, 0.15) is 12.0 Å². The van der Waals surface area contributed by atoms with Crippen molar-refractivity contribution < 1.29 is 13.9 Å². The Morgan fingerprint density at radius 2 is 1.92 bits per heavy atom. The number of carbonyl (C=O) groups is 1. The van der Waals surface area contributed by atoms with E-state index in [2.05, 4.69) is 55.6 Å². The summed E-state index contributed by atoms with van der Waals surface area (Å²) < 4.78 is 11.3. The maximum Gasteiger partial charge on any atom is 0.273 e. The van der Waals surface area contributed by atoms with Gasteiger partial charge in [-0.1, -0.05) is 42.5 Å². The lowest BCUT2D eigenvalue weighted by molar-refractivity contribution is 0.0945. The van der Waals surface area contributed by atoms with Gasteiger partial charge in [0, 0.05) is 54.7 Å². The van der Waals surface area contributed by atoms with Crippen molar-refractivity contribution in [1.82, 2.24) is 25.2 Å². The summed E-state index contributed by atoms with van der Waals surface area (Å²) in [6.45, 7) is 2.25. The van der Waals surface area contributed by atoms with Crippen LogP contribution in [-0.2, 0) is 26.1 Å². The summed E-state index contributed by atoms with van der Waals surface area (Å²) in [7, 11) is 1.68. The summed E-state index contributed by atoms with van der Waals surface area (Å²) in [6, 6.07) is 20.0. The molecule has 0 atom stereocenters. The minimum atomic E-state index is -0.283. The molecule has 3 heterocycles. The first-order chi connectivity index (χ1) is 18.2. The van der Waals surface area contributed by atoms with E-state index < -0.39 is 0 Å². The maximum absolute atomic E-state index is 12.6. The lowest BCUT2D eigenvalue weighted by Crippen LogP contribution is -2.26. The predicted octanol–water partition coefficient (Wildman–Crippen LogP) is 4.73. The molecule has 8 heteroatoms. The number of H-pyrrole nitrogens is 1. The van der Waals surface area contributed by atoms with Gasteiger partial charge >= 0.3 is 0 Å². The van der Waals surface area contributed by atoms with Crippen molar-refractivity contribution in [3.8, 4) is 5.75 Å². The number of rotatable bonds is 11. The number of fused-ring (bicyclic) bond motifs is 1. The van der Waals surface area contributed by atoms with Crippen LogP contribution in [0.1, 0.15) is 33.1 Å². The summed E-state index contributed by atoms with van der Waals surface area (Å²) in [5, 5.41) is 4.09. The number of oxazole rings is 1. The molecular weight excluding hydrogens is 466 g/mol. The van der Waals surface area contributed by atoms with E-state index in [0.29, 0.717) is 25.5 Å². The van der Waals surface area contributed by atoms with Crippen LogP contribution in [0.25, 0.3) is 10.9 Å². The van der Waals surface area contributed by atoms with E-state index >= 15 is 0 Å². The molecule has 0 fully saturated rings. The molecule has 5 rings (SSSR count). The summed E-state index contributed by atoms with van der Waals surface area (Å²) in [5.41, 5.74) is 4.63. The van der Waals surface area contributed by atoms with Crippen molar-refractivity contribution in [2.24, 2.45) is 0 Å². The van der Waals surface area contributed by atoms with Gasteiger partial charge in [0.2, 0.25) is 5.89 Å². The van der Waals surface area contributed by atoms with E-state index in [1.165, 1.54) is 17.2 Å². The van der Waals surface area contributed by atoms with Crippen molar-refractivity contribution >= 4 is 16.8 Å². The van der Waals surface area contributed by atoms with E-state index in [-0.39, 0.29) is 11.6 Å². The molecule has 0 aliphatic heterocycles. The molecule has 0 saturated heterocycles. The second kappa shape index (κ2) is 11.5. The van der Waals surface area contributed by atoms with Gasteiger partial charge in [-0.05, 0) is 35.7 Å². The third kappa shape index (κ3) is 6.05. The van der Waals surface area contributed by atoms with Crippen molar-refractivity contribution in [2.75, 3.05) is 13.7 Å². The molecule has 0 unspecified atom stereocenters. The topological polar surface area (TPSA) is 96.3 Å². The van der Waals surface area contributed by atoms with Gasteiger partial charge in [-0.25, -0.2) is 4.98 Å². The fourth-order valence-corrected chi connectivity index (χ4v) is 4.36. The van der Waals surface area contributed by atoms with E-state index in [0.717, 1.165) is 35.4 Å². The molecule has 1 amide bonds. The minimum Gasteiger partial charge on any atom is -0.496 e. The molecule has 5 aromatic rings. The van der Waals surface area contributed by atoms with E-state index in [9.17, 15) is 4.79 Å². The molecule has 0 bridgehead atoms.